The predicted molar refractivity (Wildman–Crippen MR) is 149 cm³/mol. The second kappa shape index (κ2) is 11.4. The average Bonchev–Trinajstić information content (AvgIpc) is 3.42. The molecule has 2 fully saturated rings. The lowest BCUT2D eigenvalue weighted by Crippen LogP contribution is -2.36. The van der Waals surface area contributed by atoms with Gasteiger partial charge >= 0.3 is 0 Å². The summed E-state index contributed by atoms with van der Waals surface area (Å²) in [6.07, 6.45) is 4.88. The highest BCUT2D eigenvalue weighted by Crippen LogP contribution is 2.33. The first-order valence-electron chi connectivity index (χ1n) is 13.4. The van der Waals surface area contributed by atoms with E-state index >= 15 is 0 Å². The zero-order chi connectivity index (χ0) is 25.7. The molecule has 2 saturated heterocycles. The maximum absolute atomic E-state index is 13.3. The lowest BCUT2D eigenvalue weighted by molar-refractivity contribution is 0.0212. The number of hydrogen-bond donors (Lipinski definition) is 2. The molecule has 1 aromatic heterocycles. The van der Waals surface area contributed by atoms with Gasteiger partial charge in [-0.25, -0.2) is 4.98 Å². The fourth-order valence-electron chi connectivity index (χ4n) is 5.25. The van der Waals surface area contributed by atoms with Gasteiger partial charge in [0.25, 0.3) is 5.91 Å². The standard InChI is InChI=1S/C30H33N5O3/c36-30(33-24-5-1-3-21(17-24)20-38-25-8-10-31-11-9-25)26-6-2-4-23-18-27(34-29(23)26)22-7-12-32-28(19-22)35-13-15-37-16-14-35/h1-7,12,17,19,25,31H,8-11,13-16,18,20H2,(H,33,36). The summed E-state index contributed by atoms with van der Waals surface area (Å²) in [6.45, 7) is 5.64. The number of morpholine rings is 1. The Morgan fingerprint density at radius 2 is 1.92 bits per heavy atom. The lowest BCUT2D eigenvalue weighted by atomic mass is 10.0. The maximum atomic E-state index is 13.3. The zero-order valence-corrected chi connectivity index (χ0v) is 21.5. The third-order valence-corrected chi connectivity index (χ3v) is 7.34. The molecule has 0 spiro atoms. The number of benzene rings is 2. The number of pyridine rings is 1. The molecule has 0 unspecified atom stereocenters. The van der Waals surface area contributed by atoms with Gasteiger partial charge in [0.2, 0.25) is 0 Å². The summed E-state index contributed by atoms with van der Waals surface area (Å²) >= 11 is 0. The number of nitrogens with zero attached hydrogens (tertiary/aromatic N) is 3. The van der Waals surface area contributed by atoms with Crippen molar-refractivity contribution in [1.29, 1.82) is 0 Å². The van der Waals surface area contributed by atoms with Gasteiger partial charge in [0, 0.05) is 37.0 Å². The topological polar surface area (TPSA) is 88.1 Å². The number of aromatic nitrogens is 1. The first kappa shape index (κ1) is 24.7. The van der Waals surface area contributed by atoms with Crippen LogP contribution in [0.15, 0.2) is 65.8 Å². The van der Waals surface area contributed by atoms with Crippen LogP contribution in [0.4, 0.5) is 17.2 Å². The fourth-order valence-corrected chi connectivity index (χ4v) is 5.25. The van der Waals surface area contributed by atoms with E-state index in [-0.39, 0.29) is 5.91 Å². The third-order valence-electron chi connectivity index (χ3n) is 7.34. The Balaban J connectivity index is 1.16. The molecule has 3 aliphatic heterocycles. The molecule has 2 N–H and O–H groups in total. The van der Waals surface area contributed by atoms with E-state index < -0.39 is 0 Å². The van der Waals surface area contributed by atoms with Crippen molar-refractivity contribution >= 4 is 28.8 Å². The molecule has 8 heteroatoms. The van der Waals surface area contributed by atoms with E-state index in [0.717, 1.165) is 78.6 Å². The molecule has 6 rings (SSSR count). The smallest absolute Gasteiger partial charge is 0.257 e. The number of anilines is 2. The first-order valence-corrected chi connectivity index (χ1v) is 13.4. The molecule has 8 nitrogen and oxygen atoms in total. The van der Waals surface area contributed by atoms with Crippen molar-refractivity contribution < 1.29 is 14.3 Å². The number of fused-ring (bicyclic) bond motifs is 1. The van der Waals surface area contributed by atoms with Crippen LogP contribution in [-0.2, 0) is 22.5 Å². The van der Waals surface area contributed by atoms with E-state index in [1.165, 1.54) is 0 Å². The number of amides is 1. The van der Waals surface area contributed by atoms with Gasteiger partial charge < -0.3 is 25.0 Å². The molecule has 1 amide bonds. The van der Waals surface area contributed by atoms with E-state index in [9.17, 15) is 4.79 Å². The summed E-state index contributed by atoms with van der Waals surface area (Å²) in [4.78, 5) is 25.1. The highest BCUT2D eigenvalue weighted by atomic mass is 16.5. The Hall–Kier alpha value is -3.59. The molecule has 0 aliphatic carbocycles. The Kier molecular flexibility index (Phi) is 7.44. The SMILES string of the molecule is O=C(Nc1cccc(COC2CCNCC2)c1)c1cccc2c1N=C(c1ccnc(N3CCOCC3)c1)C2. The number of rotatable bonds is 7. The third kappa shape index (κ3) is 5.62. The van der Waals surface area contributed by atoms with Crippen LogP contribution in [0.1, 0.15) is 39.9 Å². The number of carbonyl (C=O) groups is 1. The van der Waals surface area contributed by atoms with E-state index in [4.69, 9.17) is 14.5 Å². The van der Waals surface area contributed by atoms with Crippen LogP contribution >= 0.6 is 0 Å². The summed E-state index contributed by atoms with van der Waals surface area (Å²) < 4.78 is 11.6. The highest BCUT2D eigenvalue weighted by Gasteiger charge is 2.23. The Morgan fingerprint density at radius 1 is 1.08 bits per heavy atom. The number of hydrogen-bond acceptors (Lipinski definition) is 7. The van der Waals surface area contributed by atoms with Gasteiger partial charge in [-0.15, -0.1) is 0 Å². The van der Waals surface area contributed by atoms with Crippen molar-refractivity contribution in [2.45, 2.75) is 32.0 Å². The zero-order valence-electron chi connectivity index (χ0n) is 21.5. The van der Waals surface area contributed by atoms with E-state index in [0.29, 0.717) is 37.9 Å². The largest absolute Gasteiger partial charge is 0.378 e. The second-order valence-corrected chi connectivity index (χ2v) is 9.97. The van der Waals surface area contributed by atoms with Gasteiger partial charge in [0.1, 0.15) is 5.82 Å². The van der Waals surface area contributed by atoms with Crippen LogP contribution in [0.3, 0.4) is 0 Å². The van der Waals surface area contributed by atoms with Crippen molar-refractivity contribution in [2.75, 3.05) is 49.6 Å². The molecule has 196 valence electrons. The lowest BCUT2D eigenvalue weighted by Gasteiger charge is -2.28. The van der Waals surface area contributed by atoms with E-state index in [1.54, 1.807) is 0 Å². The molecule has 3 aliphatic rings. The molecule has 0 atom stereocenters. The summed E-state index contributed by atoms with van der Waals surface area (Å²) in [7, 11) is 0. The quantitative estimate of drug-likeness (QED) is 0.496. The molecular weight excluding hydrogens is 478 g/mol. The molecule has 4 heterocycles. The van der Waals surface area contributed by atoms with Crippen LogP contribution < -0.4 is 15.5 Å². The van der Waals surface area contributed by atoms with Crippen molar-refractivity contribution in [3.8, 4) is 0 Å². The normalized spacial score (nSPS) is 17.7. The van der Waals surface area contributed by atoms with E-state index in [1.807, 2.05) is 54.7 Å². The summed E-state index contributed by atoms with van der Waals surface area (Å²) in [5.41, 5.74) is 6.17. The molecular formula is C30H33N5O3. The number of carbonyl (C=O) groups excluding carboxylic acids is 1. The van der Waals surface area contributed by atoms with Gasteiger partial charge in [0.15, 0.2) is 0 Å². The van der Waals surface area contributed by atoms with Gasteiger partial charge in [-0.3, -0.25) is 9.79 Å². The molecule has 38 heavy (non-hydrogen) atoms. The Bertz CT molecular complexity index is 1330. The second-order valence-electron chi connectivity index (χ2n) is 9.97. The highest BCUT2D eigenvalue weighted by molar-refractivity contribution is 6.13. The molecule has 3 aromatic rings. The first-order chi connectivity index (χ1) is 18.7. The van der Waals surface area contributed by atoms with Crippen LogP contribution in [0.5, 0.6) is 0 Å². The summed E-state index contributed by atoms with van der Waals surface area (Å²) in [6, 6.07) is 17.8. The van der Waals surface area contributed by atoms with Gasteiger partial charge in [-0.05, 0) is 67.4 Å². The number of piperidine rings is 1. The van der Waals surface area contributed by atoms with Crippen LogP contribution in [0, 0.1) is 0 Å². The number of ether oxygens (including phenoxy) is 2. The van der Waals surface area contributed by atoms with E-state index in [2.05, 4.69) is 26.6 Å². The van der Waals surface area contributed by atoms with Crippen molar-refractivity contribution in [3.05, 3.63) is 83.0 Å². The fraction of sp³-hybridized carbons (Fsp3) is 0.367. The summed E-state index contributed by atoms with van der Waals surface area (Å²) in [5, 5.41) is 6.43. The van der Waals surface area contributed by atoms with Crippen molar-refractivity contribution in [1.82, 2.24) is 10.3 Å². The summed E-state index contributed by atoms with van der Waals surface area (Å²) in [5.74, 6) is 0.776. The van der Waals surface area contributed by atoms with Crippen LogP contribution in [0.2, 0.25) is 0 Å². The predicted octanol–water partition coefficient (Wildman–Crippen LogP) is 4.12. The van der Waals surface area contributed by atoms with Gasteiger partial charge in [0.05, 0.1) is 42.9 Å². The Morgan fingerprint density at radius 3 is 2.79 bits per heavy atom. The minimum atomic E-state index is -0.160. The minimum absolute atomic E-state index is 0.160. The maximum Gasteiger partial charge on any atom is 0.257 e. The van der Waals surface area contributed by atoms with Gasteiger partial charge in [-0.1, -0.05) is 24.3 Å². The van der Waals surface area contributed by atoms with Crippen molar-refractivity contribution in [2.24, 2.45) is 4.99 Å². The van der Waals surface area contributed by atoms with Crippen LogP contribution in [-0.4, -0.2) is 62.1 Å². The average molecular weight is 512 g/mol. The van der Waals surface area contributed by atoms with Crippen molar-refractivity contribution in [3.63, 3.8) is 0 Å². The van der Waals surface area contributed by atoms with Crippen LogP contribution in [0.25, 0.3) is 0 Å². The number of aliphatic imine (C=N–C) groups is 1. The number of para-hydroxylation sites is 1. The minimum Gasteiger partial charge on any atom is -0.378 e. The molecule has 0 bridgehead atoms. The number of nitrogens with one attached hydrogen (secondary N) is 2. The molecule has 0 saturated carbocycles. The monoisotopic (exact) mass is 511 g/mol. The molecule has 0 radical (unpaired) electrons. The molecule has 2 aromatic carbocycles. The van der Waals surface area contributed by atoms with Gasteiger partial charge in [-0.2, -0.15) is 0 Å². The Labute approximate surface area is 223 Å².